The fourth-order valence-corrected chi connectivity index (χ4v) is 2.24. The Kier molecular flexibility index (Phi) is 4.40. The smallest absolute Gasteiger partial charge is 0.225 e. The van der Waals surface area contributed by atoms with Crippen LogP contribution in [0.2, 0.25) is 0 Å². The second-order valence-corrected chi connectivity index (χ2v) is 6.17. The molecule has 4 nitrogen and oxygen atoms in total. The van der Waals surface area contributed by atoms with Gasteiger partial charge in [0.25, 0.3) is 0 Å². The van der Waals surface area contributed by atoms with Gasteiger partial charge in [0, 0.05) is 43.6 Å². The van der Waals surface area contributed by atoms with Crippen LogP contribution in [0.3, 0.4) is 0 Å². The van der Waals surface area contributed by atoms with E-state index in [2.05, 4.69) is 54.9 Å². The van der Waals surface area contributed by atoms with Crippen LogP contribution in [-0.4, -0.2) is 29.6 Å². The number of hydrogen-bond donors (Lipinski definition) is 1. The quantitative estimate of drug-likeness (QED) is 0.854. The molecule has 1 aliphatic rings. The average molecular weight is 262 g/mol. The Morgan fingerprint density at radius 3 is 2.68 bits per heavy atom. The second kappa shape index (κ2) is 5.87. The Morgan fingerprint density at radius 2 is 2.16 bits per heavy atom. The van der Waals surface area contributed by atoms with Crippen LogP contribution in [0.5, 0.6) is 0 Å². The van der Waals surface area contributed by atoms with E-state index in [-0.39, 0.29) is 0 Å². The largest absolute Gasteiger partial charge is 0.344 e. The Labute approximate surface area is 116 Å². The first kappa shape index (κ1) is 14.3. The van der Waals surface area contributed by atoms with Crippen molar-refractivity contribution >= 4 is 5.95 Å². The Morgan fingerprint density at radius 1 is 1.47 bits per heavy atom. The fourth-order valence-electron chi connectivity index (χ4n) is 2.24. The minimum atomic E-state index is 0.484. The van der Waals surface area contributed by atoms with Crippen LogP contribution in [0.25, 0.3) is 0 Å². The third-order valence-corrected chi connectivity index (χ3v) is 3.89. The van der Waals surface area contributed by atoms with Gasteiger partial charge in [0.15, 0.2) is 0 Å². The molecule has 1 aliphatic carbocycles. The highest BCUT2D eigenvalue weighted by Gasteiger charge is 2.33. The van der Waals surface area contributed by atoms with E-state index in [4.69, 9.17) is 0 Å². The Bertz CT molecular complexity index is 430. The molecule has 2 rings (SSSR count). The summed E-state index contributed by atoms with van der Waals surface area (Å²) in [5, 5.41) is 3.41. The zero-order chi connectivity index (χ0) is 14.0. The van der Waals surface area contributed by atoms with E-state index in [1.165, 1.54) is 12.0 Å². The maximum atomic E-state index is 4.63. The van der Waals surface area contributed by atoms with Gasteiger partial charge < -0.3 is 10.2 Å². The van der Waals surface area contributed by atoms with E-state index >= 15 is 0 Å². The first-order valence-electron chi connectivity index (χ1n) is 7.24. The minimum absolute atomic E-state index is 0.484. The molecule has 0 aromatic carbocycles. The van der Waals surface area contributed by atoms with Gasteiger partial charge >= 0.3 is 0 Å². The molecule has 0 radical (unpaired) electrons. The van der Waals surface area contributed by atoms with Crippen LogP contribution in [0.4, 0.5) is 5.95 Å². The molecule has 1 N–H and O–H groups in total. The van der Waals surface area contributed by atoms with Gasteiger partial charge in [0.05, 0.1) is 0 Å². The van der Waals surface area contributed by atoms with Crippen LogP contribution in [-0.2, 0) is 6.54 Å². The summed E-state index contributed by atoms with van der Waals surface area (Å²) < 4.78 is 0. The van der Waals surface area contributed by atoms with Crippen molar-refractivity contribution in [1.29, 1.82) is 0 Å². The van der Waals surface area contributed by atoms with Gasteiger partial charge in [0.1, 0.15) is 0 Å². The molecule has 0 amide bonds. The third kappa shape index (κ3) is 3.90. The average Bonchev–Trinajstić information content (AvgIpc) is 3.03. The van der Waals surface area contributed by atoms with Crippen molar-refractivity contribution in [2.45, 2.75) is 46.7 Å². The van der Waals surface area contributed by atoms with Crippen molar-refractivity contribution in [2.75, 3.05) is 18.5 Å². The van der Waals surface area contributed by atoms with E-state index in [9.17, 15) is 0 Å². The lowest BCUT2D eigenvalue weighted by molar-refractivity contribution is 0.584. The van der Waals surface area contributed by atoms with Gasteiger partial charge in [-0.25, -0.2) is 9.97 Å². The first-order chi connectivity index (χ1) is 8.97. The topological polar surface area (TPSA) is 41.1 Å². The van der Waals surface area contributed by atoms with Crippen LogP contribution in [0.1, 0.15) is 38.4 Å². The molecule has 19 heavy (non-hydrogen) atoms. The lowest BCUT2D eigenvalue weighted by Gasteiger charge is -2.18. The lowest BCUT2D eigenvalue weighted by Crippen LogP contribution is -2.25. The minimum Gasteiger partial charge on any atom is -0.344 e. The predicted octanol–water partition coefficient (Wildman–Crippen LogP) is 2.38. The van der Waals surface area contributed by atoms with Gasteiger partial charge in [-0.3, -0.25) is 0 Å². The predicted molar refractivity (Wildman–Crippen MR) is 79.3 cm³/mol. The normalized spacial score (nSPS) is 21.8. The van der Waals surface area contributed by atoms with Gasteiger partial charge in [0.2, 0.25) is 5.95 Å². The molecule has 1 aromatic heterocycles. The zero-order valence-corrected chi connectivity index (χ0v) is 12.8. The maximum Gasteiger partial charge on any atom is 0.225 e. The highest BCUT2D eigenvalue weighted by molar-refractivity contribution is 5.32. The number of aromatic nitrogens is 2. The summed E-state index contributed by atoms with van der Waals surface area (Å²) >= 11 is 0. The van der Waals surface area contributed by atoms with Crippen molar-refractivity contribution in [3.05, 3.63) is 17.5 Å². The molecule has 106 valence electrons. The summed E-state index contributed by atoms with van der Waals surface area (Å²) in [5.41, 5.74) is 2.26. The van der Waals surface area contributed by atoms with Crippen LogP contribution in [0, 0.1) is 18.8 Å². The van der Waals surface area contributed by atoms with Crippen molar-refractivity contribution < 1.29 is 0 Å². The van der Waals surface area contributed by atoms with Crippen molar-refractivity contribution in [3.63, 3.8) is 0 Å². The van der Waals surface area contributed by atoms with Crippen LogP contribution >= 0.6 is 0 Å². The Balaban J connectivity index is 1.97. The standard InChI is InChI=1S/C15H26N4/c1-10(2)16-7-14-8-17-15(18-12(14)4)19(5)9-13-6-11(13)3/h8,10-11,13,16H,6-7,9H2,1-5H3. The maximum absolute atomic E-state index is 4.63. The molecule has 0 saturated heterocycles. The third-order valence-electron chi connectivity index (χ3n) is 3.89. The summed E-state index contributed by atoms with van der Waals surface area (Å²) in [6.07, 6.45) is 3.31. The van der Waals surface area contributed by atoms with Gasteiger partial charge in [-0.05, 0) is 25.2 Å². The molecule has 0 bridgehead atoms. The van der Waals surface area contributed by atoms with E-state index in [1.54, 1.807) is 0 Å². The molecule has 0 aliphatic heterocycles. The summed E-state index contributed by atoms with van der Waals surface area (Å²) in [6.45, 7) is 10.6. The highest BCUT2D eigenvalue weighted by Crippen LogP contribution is 2.38. The monoisotopic (exact) mass is 262 g/mol. The molecule has 1 saturated carbocycles. The SMILES string of the molecule is Cc1nc(N(C)CC2CC2C)ncc1CNC(C)C. The second-order valence-electron chi connectivity index (χ2n) is 6.17. The highest BCUT2D eigenvalue weighted by atomic mass is 15.2. The van der Waals surface area contributed by atoms with Crippen LogP contribution in [0.15, 0.2) is 6.20 Å². The number of aryl methyl sites for hydroxylation is 1. The summed E-state index contributed by atoms with van der Waals surface area (Å²) in [7, 11) is 2.09. The molecule has 4 heteroatoms. The number of rotatable bonds is 6. The van der Waals surface area contributed by atoms with Gasteiger partial charge in [-0.15, -0.1) is 0 Å². The molecule has 1 heterocycles. The van der Waals surface area contributed by atoms with E-state index in [0.29, 0.717) is 6.04 Å². The van der Waals surface area contributed by atoms with E-state index in [0.717, 1.165) is 36.6 Å². The van der Waals surface area contributed by atoms with E-state index in [1.807, 2.05) is 6.20 Å². The molecule has 2 atom stereocenters. The number of hydrogen-bond acceptors (Lipinski definition) is 4. The van der Waals surface area contributed by atoms with Crippen molar-refractivity contribution in [1.82, 2.24) is 15.3 Å². The molecule has 0 spiro atoms. The zero-order valence-electron chi connectivity index (χ0n) is 12.8. The Hall–Kier alpha value is -1.16. The number of anilines is 1. The fraction of sp³-hybridized carbons (Fsp3) is 0.733. The molecular formula is C15H26N4. The summed E-state index contributed by atoms with van der Waals surface area (Å²) in [6, 6.07) is 0.484. The van der Waals surface area contributed by atoms with Gasteiger partial charge in [-0.1, -0.05) is 20.8 Å². The molecular weight excluding hydrogens is 236 g/mol. The molecule has 1 aromatic rings. The lowest BCUT2D eigenvalue weighted by atomic mass is 10.2. The number of nitrogens with one attached hydrogen (secondary N) is 1. The first-order valence-corrected chi connectivity index (χ1v) is 7.24. The number of nitrogens with zero attached hydrogens (tertiary/aromatic N) is 3. The summed E-state index contributed by atoms with van der Waals surface area (Å²) in [5.74, 6) is 2.55. The van der Waals surface area contributed by atoms with Crippen molar-refractivity contribution in [2.24, 2.45) is 11.8 Å². The van der Waals surface area contributed by atoms with Crippen LogP contribution < -0.4 is 10.2 Å². The van der Waals surface area contributed by atoms with Crippen molar-refractivity contribution in [3.8, 4) is 0 Å². The summed E-state index contributed by atoms with van der Waals surface area (Å²) in [4.78, 5) is 11.3. The van der Waals surface area contributed by atoms with Gasteiger partial charge in [-0.2, -0.15) is 0 Å². The molecule has 2 unspecified atom stereocenters. The molecule has 1 fully saturated rings. The van der Waals surface area contributed by atoms with E-state index < -0.39 is 0 Å².